The van der Waals surface area contributed by atoms with E-state index in [4.69, 9.17) is 0 Å². The molecule has 0 N–H and O–H groups in total. The van der Waals surface area contributed by atoms with E-state index >= 15 is 0 Å². The Morgan fingerprint density at radius 2 is 1.91 bits per heavy atom. The number of rotatable bonds is 6. The summed E-state index contributed by atoms with van der Waals surface area (Å²) in [5.41, 5.74) is 1.38. The highest BCUT2D eigenvalue weighted by Gasteiger charge is 2.32. The number of carbonyl (C=O) groups is 1. The summed E-state index contributed by atoms with van der Waals surface area (Å²) in [6.45, 7) is 5.80. The van der Waals surface area contributed by atoms with Crippen LogP contribution in [0.3, 0.4) is 0 Å². The molecule has 4 rings (SSSR count). The van der Waals surface area contributed by atoms with Gasteiger partial charge in [0.15, 0.2) is 10.8 Å². The summed E-state index contributed by atoms with van der Waals surface area (Å²) >= 11 is 1.42. The third kappa shape index (κ3) is 4.80. The molecule has 1 saturated carbocycles. The van der Waals surface area contributed by atoms with Gasteiger partial charge < -0.3 is 4.90 Å². The topological polar surface area (TPSA) is 85.2 Å². The van der Waals surface area contributed by atoms with Gasteiger partial charge in [0.2, 0.25) is 0 Å². The SMILES string of the molecule is CC(=O)SC[C@@H]1CC[C@@H](N(C)c2ncnc3c2ccn3S(=O)(=O)c2ccc(C)cc2)[C@@H](C)C1. The first-order valence-electron chi connectivity index (χ1n) is 11.2. The molecule has 2 aromatic heterocycles. The lowest BCUT2D eigenvalue weighted by molar-refractivity contribution is -0.109. The van der Waals surface area contributed by atoms with E-state index in [9.17, 15) is 13.2 Å². The minimum Gasteiger partial charge on any atom is -0.356 e. The maximum absolute atomic E-state index is 13.3. The van der Waals surface area contributed by atoms with Gasteiger partial charge in [0.1, 0.15) is 12.1 Å². The molecule has 1 fully saturated rings. The maximum Gasteiger partial charge on any atom is 0.269 e. The zero-order valence-corrected chi connectivity index (χ0v) is 21.1. The quantitative estimate of drug-likeness (QED) is 0.507. The van der Waals surface area contributed by atoms with Gasteiger partial charge in [-0.1, -0.05) is 36.4 Å². The summed E-state index contributed by atoms with van der Waals surface area (Å²) in [4.78, 5) is 22.6. The Morgan fingerprint density at radius 1 is 1.18 bits per heavy atom. The van der Waals surface area contributed by atoms with Gasteiger partial charge in [0.25, 0.3) is 10.0 Å². The van der Waals surface area contributed by atoms with Crippen LogP contribution in [0.1, 0.15) is 38.7 Å². The van der Waals surface area contributed by atoms with E-state index in [1.54, 1.807) is 43.5 Å². The fourth-order valence-electron chi connectivity index (χ4n) is 4.82. The van der Waals surface area contributed by atoms with Crippen molar-refractivity contribution in [1.29, 1.82) is 0 Å². The van der Waals surface area contributed by atoms with Crippen molar-refractivity contribution in [3.05, 3.63) is 48.4 Å². The van der Waals surface area contributed by atoms with E-state index < -0.39 is 10.0 Å². The van der Waals surface area contributed by atoms with Crippen LogP contribution in [0.15, 0.2) is 47.8 Å². The Balaban J connectivity index is 1.60. The second-order valence-electron chi connectivity index (χ2n) is 9.00. The van der Waals surface area contributed by atoms with Crippen LogP contribution in [0.2, 0.25) is 0 Å². The summed E-state index contributed by atoms with van der Waals surface area (Å²) in [7, 11) is -1.73. The summed E-state index contributed by atoms with van der Waals surface area (Å²) in [6.07, 6.45) is 6.14. The van der Waals surface area contributed by atoms with Crippen molar-refractivity contribution in [2.45, 2.75) is 51.0 Å². The Kier molecular flexibility index (Phi) is 6.81. The first-order valence-corrected chi connectivity index (χ1v) is 13.6. The van der Waals surface area contributed by atoms with Crippen LogP contribution in [0.25, 0.3) is 11.0 Å². The van der Waals surface area contributed by atoms with E-state index in [0.29, 0.717) is 23.5 Å². The minimum absolute atomic E-state index is 0.176. The fourth-order valence-corrected chi connectivity index (χ4v) is 6.90. The predicted octanol–water partition coefficient (Wildman–Crippen LogP) is 4.50. The Labute approximate surface area is 199 Å². The van der Waals surface area contributed by atoms with E-state index in [1.165, 1.54) is 22.1 Å². The highest BCUT2D eigenvalue weighted by atomic mass is 32.2. The molecule has 176 valence electrons. The van der Waals surface area contributed by atoms with Crippen molar-refractivity contribution in [3.63, 3.8) is 0 Å². The van der Waals surface area contributed by atoms with Gasteiger partial charge in [-0.05, 0) is 56.2 Å². The molecule has 1 aliphatic carbocycles. The van der Waals surface area contributed by atoms with E-state index in [0.717, 1.165) is 41.8 Å². The molecule has 0 amide bonds. The maximum atomic E-state index is 13.3. The number of anilines is 1. The molecule has 33 heavy (non-hydrogen) atoms. The van der Waals surface area contributed by atoms with Gasteiger partial charge >= 0.3 is 0 Å². The van der Waals surface area contributed by atoms with Gasteiger partial charge in [0, 0.05) is 32.0 Å². The summed E-state index contributed by atoms with van der Waals surface area (Å²) in [5, 5.41) is 0.896. The Morgan fingerprint density at radius 3 is 2.58 bits per heavy atom. The zero-order chi connectivity index (χ0) is 23.8. The summed E-state index contributed by atoms with van der Waals surface area (Å²) in [6, 6.07) is 8.90. The molecular weight excluding hydrogens is 456 g/mol. The lowest BCUT2D eigenvalue weighted by Gasteiger charge is -2.40. The second-order valence-corrected chi connectivity index (χ2v) is 12.0. The predicted molar refractivity (Wildman–Crippen MR) is 133 cm³/mol. The Hall–Kier alpha value is -2.39. The van der Waals surface area contributed by atoms with Crippen molar-refractivity contribution < 1.29 is 13.2 Å². The second kappa shape index (κ2) is 9.46. The molecule has 3 aromatic rings. The largest absolute Gasteiger partial charge is 0.356 e. The van der Waals surface area contributed by atoms with E-state index in [-0.39, 0.29) is 10.0 Å². The highest BCUT2D eigenvalue weighted by molar-refractivity contribution is 8.13. The van der Waals surface area contributed by atoms with Crippen LogP contribution < -0.4 is 4.90 Å². The number of aryl methyl sites for hydroxylation is 1. The van der Waals surface area contributed by atoms with Crippen molar-refractivity contribution in [1.82, 2.24) is 13.9 Å². The number of aromatic nitrogens is 3. The molecule has 0 saturated heterocycles. The summed E-state index contributed by atoms with van der Waals surface area (Å²) < 4.78 is 27.8. The van der Waals surface area contributed by atoms with Crippen LogP contribution in [-0.4, -0.2) is 46.3 Å². The molecule has 1 aliphatic rings. The van der Waals surface area contributed by atoms with E-state index in [2.05, 4.69) is 21.8 Å². The van der Waals surface area contributed by atoms with Crippen molar-refractivity contribution >= 4 is 43.8 Å². The van der Waals surface area contributed by atoms with Crippen molar-refractivity contribution in [2.75, 3.05) is 17.7 Å². The number of nitrogens with zero attached hydrogens (tertiary/aromatic N) is 4. The molecule has 0 spiro atoms. The van der Waals surface area contributed by atoms with Gasteiger partial charge in [0.05, 0.1) is 10.3 Å². The normalized spacial score (nSPS) is 21.3. The molecule has 0 radical (unpaired) electrons. The van der Waals surface area contributed by atoms with Gasteiger partial charge in [-0.2, -0.15) is 0 Å². The Bertz CT molecular complexity index is 1250. The third-order valence-corrected chi connectivity index (χ3v) is 9.32. The standard InChI is InChI=1S/C24H30N4O3S2/c1-16-5-8-20(9-6-16)33(30,31)28-12-11-21-23(25-15-26-24(21)28)27(4)22-10-7-19(13-17(22)2)14-32-18(3)29/h5-6,8-9,11-12,15,17,19,22H,7,10,13-14H2,1-4H3/t17-,19+,22+/m0/s1. The van der Waals surface area contributed by atoms with Crippen LogP contribution in [-0.2, 0) is 14.8 Å². The van der Waals surface area contributed by atoms with Crippen LogP contribution >= 0.6 is 11.8 Å². The molecule has 2 heterocycles. The number of hydrogen-bond donors (Lipinski definition) is 0. The monoisotopic (exact) mass is 486 g/mol. The number of benzene rings is 1. The molecule has 7 nitrogen and oxygen atoms in total. The summed E-state index contributed by atoms with van der Waals surface area (Å²) in [5.74, 6) is 2.61. The lowest BCUT2D eigenvalue weighted by Crippen LogP contribution is -2.41. The number of carbonyl (C=O) groups excluding carboxylic acids is 1. The number of fused-ring (bicyclic) bond motifs is 1. The molecule has 0 bridgehead atoms. The van der Waals surface area contributed by atoms with Crippen LogP contribution in [0.4, 0.5) is 5.82 Å². The average molecular weight is 487 g/mol. The smallest absolute Gasteiger partial charge is 0.269 e. The van der Waals surface area contributed by atoms with Crippen LogP contribution in [0, 0.1) is 18.8 Å². The average Bonchev–Trinajstić information content (AvgIpc) is 3.23. The number of hydrogen-bond acceptors (Lipinski definition) is 7. The molecule has 0 aliphatic heterocycles. The lowest BCUT2D eigenvalue weighted by atomic mass is 9.79. The van der Waals surface area contributed by atoms with Crippen molar-refractivity contribution in [2.24, 2.45) is 11.8 Å². The van der Waals surface area contributed by atoms with Crippen LogP contribution in [0.5, 0.6) is 0 Å². The first kappa shape index (κ1) is 23.8. The van der Waals surface area contributed by atoms with Crippen molar-refractivity contribution in [3.8, 4) is 0 Å². The zero-order valence-electron chi connectivity index (χ0n) is 19.4. The molecule has 1 aromatic carbocycles. The third-order valence-electron chi connectivity index (χ3n) is 6.59. The highest BCUT2D eigenvalue weighted by Crippen LogP contribution is 2.37. The number of thioether (sulfide) groups is 1. The van der Waals surface area contributed by atoms with Gasteiger partial charge in [-0.3, -0.25) is 4.79 Å². The molecule has 3 atom stereocenters. The molecule has 0 unspecified atom stereocenters. The van der Waals surface area contributed by atoms with Gasteiger partial charge in [-0.25, -0.2) is 22.4 Å². The first-order chi connectivity index (χ1) is 15.7. The molecular formula is C24H30N4O3S2. The minimum atomic E-state index is -3.76. The molecule has 9 heteroatoms. The van der Waals surface area contributed by atoms with Gasteiger partial charge in [-0.15, -0.1) is 0 Å². The van der Waals surface area contributed by atoms with E-state index in [1.807, 2.05) is 14.0 Å². The fraction of sp³-hybridized carbons (Fsp3) is 0.458.